The summed E-state index contributed by atoms with van der Waals surface area (Å²) in [5.41, 5.74) is 1.50. The van der Waals surface area contributed by atoms with Crippen molar-refractivity contribution >= 4 is 12.0 Å². The van der Waals surface area contributed by atoms with Gasteiger partial charge in [-0.25, -0.2) is 14.8 Å². The molecule has 2 aliphatic heterocycles. The quantitative estimate of drug-likeness (QED) is 0.867. The highest BCUT2D eigenvalue weighted by Gasteiger charge is 2.44. The Balaban J connectivity index is 1.51. The number of carboxylic acid groups (broad SMARTS) is 1. The zero-order valence-electron chi connectivity index (χ0n) is 15.3. The third kappa shape index (κ3) is 2.54. The van der Waals surface area contributed by atoms with E-state index in [1.165, 1.54) is 4.90 Å². The van der Waals surface area contributed by atoms with Crippen LogP contribution in [0.25, 0.3) is 11.3 Å². The molecule has 1 atom stereocenters. The molecule has 0 unspecified atom stereocenters. The second kappa shape index (κ2) is 5.86. The molecule has 8 nitrogen and oxygen atoms in total. The van der Waals surface area contributed by atoms with Crippen LogP contribution in [0, 0.1) is 0 Å². The summed E-state index contributed by atoms with van der Waals surface area (Å²) in [6.45, 7) is 3.53. The van der Waals surface area contributed by atoms with Crippen LogP contribution in [0.15, 0.2) is 12.4 Å². The highest BCUT2D eigenvalue weighted by atomic mass is 19.3. The van der Waals surface area contributed by atoms with E-state index in [9.17, 15) is 13.6 Å². The van der Waals surface area contributed by atoms with Crippen molar-refractivity contribution in [2.45, 2.75) is 44.2 Å². The van der Waals surface area contributed by atoms with Gasteiger partial charge in [0.05, 0.1) is 17.9 Å². The predicted octanol–water partition coefficient (Wildman–Crippen LogP) is 2.51. The fraction of sp³-hybridized carbons (Fsp3) is 0.556. The highest BCUT2D eigenvalue weighted by Crippen LogP contribution is 2.44. The Morgan fingerprint density at radius 1 is 1.32 bits per heavy atom. The topological polar surface area (TPSA) is 87.4 Å². The SMILES string of the molecule is C[C@H]1CCN1c1nc(-c2cnn(C3CN(C(=O)O)C3)c2)c2c(n1)C(F)(F)CC2. The number of fused-ring (bicyclic) bond motifs is 1. The van der Waals surface area contributed by atoms with Crippen LogP contribution >= 0.6 is 0 Å². The third-order valence-corrected chi connectivity index (χ3v) is 5.99. The maximum atomic E-state index is 14.4. The number of hydrogen-bond acceptors (Lipinski definition) is 5. The second-order valence-electron chi connectivity index (χ2n) is 7.79. The third-order valence-electron chi connectivity index (χ3n) is 5.99. The van der Waals surface area contributed by atoms with Gasteiger partial charge in [0.15, 0.2) is 0 Å². The first-order valence-electron chi connectivity index (χ1n) is 9.42. The summed E-state index contributed by atoms with van der Waals surface area (Å²) in [7, 11) is 0. The van der Waals surface area contributed by atoms with E-state index in [1.807, 2.05) is 11.8 Å². The molecule has 1 amide bonds. The molecule has 0 spiro atoms. The number of aromatic nitrogens is 4. The average molecular weight is 390 g/mol. The molecule has 1 aliphatic carbocycles. The fourth-order valence-corrected chi connectivity index (χ4v) is 4.03. The van der Waals surface area contributed by atoms with Gasteiger partial charge in [-0.05, 0) is 19.8 Å². The molecule has 1 N–H and O–H groups in total. The summed E-state index contributed by atoms with van der Waals surface area (Å²) in [6, 6.07) is 0.191. The molecule has 5 rings (SSSR count). The minimum Gasteiger partial charge on any atom is -0.465 e. The van der Waals surface area contributed by atoms with Crippen LogP contribution in [0.5, 0.6) is 0 Å². The van der Waals surface area contributed by atoms with E-state index >= 15 is 0 Å². The first kappa shape index (κ1) is 17.3. The van der Waals surface area contributed by atoms with E-state index in [-0.39, 0.29) is 30.6 Å². The Kier molecular flexibility index (Phi) is 3.62. The minimum atomic E-state index is -2.94. The average Bonchev–Trinajstić information content (AvgIpc) is 3.17. The number of amides is 1. The fourth-order valence-electron chi connectivity index (χ4n) is 4.03. The molecule has 3 aliphatic rings. The van der Waals surface area contributed by atoms with Crippen LogP contribution < -0.4 is 4.90 Å². The van der Waals surface area contributed by atoms with Crippen molar-refractivity contribution in [1.29, 1.82) is 0 Å². The van der Waals surface area contributed by atoms with Gasteiger partial charge >= 0.3 is 6.09 Å². The van der Waals surface area contributed by atoms with Gasteiger partial charge in [0, 0.05) is 49.4 Å². The van der Waals surface area contributed by atoms with Crippen LogP contribution in [0.1, 0.15) is 37.1 Å². The molecule has 0 aromatic carbocycles. The molecule has 0 bridgehead atoms. The number of alkyl halides is 2. The van der Waals surface area contributed by atoms with Gasteiger partial charge in [-0.15, -0.1) is 0 Å². The van der Waals surface area contributed by atoms with Crippen molar-refractivity contribution in [1.82, 2.24) is 24.6 Å². The normalized spacial score (nSPS) is 23.3. The number of carbonyl (C=O) groups is 1. The number of halogens is 2. The largest absolute Gasteiger partial charge is 0.465 e. The summed E-state index contributed by atoms with van der Waals surface area (Å²) >= 11 is 0. The molecule has 2 fully saturated rings. The predicted molar refractivity (Wildman–Crippen MR) is 95.5 cm³/mol. The number of rotatable bonds is 3. The van der Waals surface area contributed by atoms with Crippen molar-refractivity contribution in [3.05, 3.63) is 23.7 Å². The molecule has 10 heteroatoms. The van der Waals surface area contributed by atoms with Crippen molar-refractivity contribution < 1.29 is 18.7 Å². The van der Waals surface area contributed by atoms with Crippen LogP contribution in [-0.4, -0.2) is 61.5 Å². The van der Waals surface area contributed by atoms with Crippen LogP contribution in [0.3, 0.4) is 0 Å². The van der Waals surface area contributed by atoms with E-state index < -0.39 is 12.0 Å². The second-order valence-corrected chi connectivity index (χ2v) is 7.79. The lowest BCUT2D eigenvalue weighted by Crippen LogP contribution is -2.50. The molecule has 4 heterocycles. The lowest BCUT2D eigenvalue weighted by Gasteiger charge is -2.39. The van der Waals surface area contributed by atoms with Crippen LogP contribution in [0.2, 0.25) is 0 Å². The molecule has 0 saturated carbocycles. The number of nitrogens with zero attached hydrogens (tertiary/aromatic N) is 6. The standard InChI is InChI=1S/C18H20F2N6O2/c1-10-3-5-25(10)16-22-14(13-2-4-18(19,20)15(13)23-16)11-6-21-26(7-11)12-8-24(9-12)17(27)28/h6-7,10,12H,2-5,8-9H2,1H3,(H,27,28)/t10-/m0/s1. The lowest BCUT2D eigenvalue weighted by molar-refractivity contribution is -0.00595. The van der Waals surface area contributed by atoms with Gasteiger partial charge in [0.1, 0.15) is 5.69 Å². The molecule has 2 aromatic heterocycles. The molecular weight excluding hydrogens is 370 g/mol. The van der Waals surface area contributed by atoms with Crippen LogP contribution in [0.4, 0.5) is 19.5 Å². The van der Waals surface area contributed by atoms with E-state index in [4.69, 9.17) is 5.11 Å². The van der Waals surface area contributed by atoms with Gasteiger partial charge in [0.2, 0.25) is 5.95 Å². The van der Waals surface area contributed by atoms with Gasteiger partial charge in [-0.2, -0.15) is 13.9 Å². The Labute approximate surface area is 159 Å². The number of likely N-dealkylation sites (tertiary alicyclic amines) is 1. The summed E-state index contributed by atoms with van der Waals surface area (Å²) in [5.74, 6) is -2.59. The zero-order valence-corrected chi connectivity index (χ0v) is 15.3. The van der Waals surface area contributed by atoms with Crippen molar-refractivity contribution in [3.8, 4) is 11.3 Å². The van der Waals surface area contributed by atoms with Crippen LogP contribution in [-0.2, 0) is 12.3 Å². The summed E-state index contributed by atoms with van der Waals surface area (Å²) < 4.78 is 30.5. The minimum absolute atomic E-state index is 0.0453. The van der Waals surface area contributed by atoms with E-state index in [1.54, 1.807) is 17.1 Å². The zero-order chi connectivity index (χ0) is 19.6. The molecule has 2 aromatic rings. The maximum Gasteiger partial charge on any atom is 0.407 e. The van der Waals surface area contributed by atoms with Crippen molar-refractivity contribution in [2.75, 3.05) is 24.5 Å². The van der Waals surface area contributed by atoms with Gasteiger partial charge in [-0.1, -0.05) is 0 Å². The molecule has 28 heavy (non-hydrogen) atoms. The molecule has 148 valence electrons. The maximum absolute atomic E-state index is 14.4. The smallest absolute Gasteiger partial charge is 0.407 e. The highest BCUT2D eigenvalue weighted by molar-refractivity contribution is 5.67. The first-order valence-corrected chi connectivity index (χ1v) is 9.42. The Bertz CT molecular complexity index is 956. The van der Waals surface area contributed by atoms with Crippen molar-refractivity contribution in [2.24, 2.45) is 0 Å². The molecule has 0 radical (unpaired) electrons. The van der Waals surface area contributed by atoms with E-state index in [2.05, 4.69) is 15.1 Å². The molecule has 2 saturated heterocycles. The number of hydrogen-bond donors (Lipinski definition) is 1. The number of anilines is 1. The summed E-state index contributed by atoms with van der Waals surface area (Å²) in [6.07, 6.45) is 3.40. The summed E-state index contributed by atoms with van der Waals surface area (Å²) in [5, 5.41) is 13.3. The summed E-state index contributed by atoms with van der Waals surface area (Å²) in [4.78, 5) is 23.1. The van der Waals surface area contributed by atoms with Gasteiger partial charge < -0.3 is 14.9 Å². The monoisotopic (exact) mass is 390 g/mol. The Morgan fingerprint density at radius 3 is 2.75 bits per heavy atom. The Hall–Kier alpha value is -2.78. The first-order chi connectivity index (χ1) is 13.3. The lowest BCUT2D eigenvalue weighted by atomic mass is 10.1. The van der Waals surface area contributed by atoms with Gasteiger partial charge in [-0.3, -0.25) is 4.68 Å². The van der Waals surface area contributed by atoms with Crippen molar-refractivity contribution in [3.63, 3.8) is 0 Å². The molecular formula is C18H20F2N6O2. The Morgan fingerprint density at radius 2 is 2.11 bits per heavy atom. The van der Waals surface area contributed by atoms with E-state index in [0.29, 0.717) is 35.9 Å². The van der Waals surface area contributed by atoms with E-state index in [0.717, 1.165) is 13.0 Å². The van der Waals surface area contributed by atoms with Gasteiger partial charge in [0.25, 0.3) is 5.92 Å².